The molecule has 0 amide bonds. The molecule has 4 atom stereocenters. The predicted octanol–water partition coefficient (Wildman–Crippen LogP) is 0.802. The fourth-order valence-corrected chi connectivity index (χ4v) is 3.81. The normalized spacial score (nSPS) is 22.7. The van der Waals surface area contributed by atoms with Crippen LogP contribution >= 0.6 is 15.9 Å². The van der Waals surface area contributed by atoms with E-state index in [4.69, 9.17) is 24.4 Å². The molecule has 31 heavy (non-hydrogen) atoms. The van der Waals surface area contributed by atoms with Gasteiger partial charge in [0.25, 0.3) is 0 Å². The molecule has 2 aromatic heterocycles. The third-order valence-corrected chi connectivity index (χ3v) is 5.06. The highest BCUT2D eigenvalue weighted by molar-refractivity contribution is 9.10. The van der Waals surface area contributed by atoms with Crippen LogP contribution in [0.4, 0.5) is 0 Å². The average Bonchev–Trinajstić information content (AvgIpc) is 3.18. The van der Waals surface area contributed by atoms with Crippen LogP contribution in [0.25, 0.3) is 11.0 Å². The number of nitriles is 1. The number of esters is 3. The lowest BCUT2D eigenvalue weighted by Crippen LogP contribution is -2.40. The van der Waals surface area contributed by atoms with Crippen LogP contribution < -0.4 is 5.49 Å². The molecule has 0 spiro atoms. The largest absolute Gasteiger partial charge is 0.463 e. The molecule has 0 saturated carbocycles. The van der Waals surface area contributed by atoms with Crippen LogP contribution in [-0.2, 0) is 33.3 Å². The number of carbonyl (C=O) groups is 3. The van der Waals surface area contributed by atoms with Gasteiger partial charge in [-0.2, -0.15) is 5.26 Å². The van der Waals surface area contributed by atoms with Crippen molar-refractivity contribution in [1.29, 1.82) is 10.7 Å². The van der Waals surface area contributed by atoms with Crippen molar-refractivity contribution < 1.29 is 33.3 Å². The number of nitrogens with one attached hydrogen (secondary N) is 2. The Morgan fingerprint density at radius 1 is 1.26 bits per heavy atom. The molecule has 0 radical (unpaired) electrons. The zero-order chi connectivity index (χ0) is 22.9. The zero-order valence-corrected chi connectivity index (χ0v) is 18.3. The van der Waals surface area contributed by atoms with Crippen LogP contribution in [0.5, 0.6) is 0 Å². The van der Waals surface area contributed by atoms with Gasteiger partial charge in [-0.1, -0.05) is 0 Å². The lowest BCUT2D eigenvalue weighted by atomic mass is 10.1. The number of nitrogens with zero attached hydrogens (tertiary/aromatic N) is 3. The van der Waals surface area contributed by atoms with Gasteiger partial charge in [-0.05, 0) is 15.9 Å². The number of hydrogen-bond donors (Lipinski definition) is 2. The summed E-state index contributed by atoms with van der Waals surface area (Å²) in [6, 6.07) is 1.99. The van der Waals surface area contributed by atoms with E-state index in [0.29, 0.717) is 10.3 Å². The van der Waals surface area contributed by atoms with Crippen molar-refractivity contribution in [3.8, 4) is 6.07 Å². The quantitative estimate of drug-likeness (QED) is 0.449. The maximum atomic E-state index is 11.8. The second kappa shape index (κ2) is 8.86. The summed E-state index contributed by atoms with van der Waals surface area (Å²) in [6.07, 6.45) is -2.95. The van der Waals surface area contributed by atoms with Crippen molar-refractivity contribution in [3.63, 3.8) is 0 Å². The number of H-pyrrole nitrogens is 1. The van der Waals surface area contributed by atoms with E-state index in [-0.39, 0.29) is 23.0 Å². The Morgan fingerprint density at radius 3 is 2.48 bits per heavy atom. The number of aromatic amines is 1. The molecule has 2 aromatic rings. The SMILES string of the molecule is CC(=O)OC[C@H]1O[C@@H](n2cnc(=N)c3c(C#N)c(Br)[nH]c32)[C@H](OC(C)=O)[C@@H]1OC(C)=O. The maximum Gasteiger partial charge on any atom is 0.303 e. The van der Waals surface area contributed by atoms with E-state index in [2.05, 4.69) is 25.9 Å². The molecule has 2 N–H and O–H groups in total. The number of hydrogen-bond acceptors (Lipinski definition) is 10. The Hall–Kier alpha value is -3.24. The minimum Gasteiger partial charge on any atom is -0.463 e. The Bertz CT molecular complexity index is 1150. The van der Waals surface area contributed by atoms with E-state index in [1.807, 2.05) is 6.07 Å². The summed E-state index contributed by atoms with van der Waals surface area (Å²) in [5.41, 5.74) is 0.303. The van der Waals surface area contributed by atoms with Gasteiger partial charge in [0.15, 0.2) is 23.9 Å². The molecule has 12 nitrogen and oxygen atoms in total. The van der Waals surface area contributed by atoms with Crippen LogP contribution in [0.15, 0.2) is 10.9 Å². The summed E-state index contributed by atoms with van der Waals surface area (Å²) in [4.78, 5) is 41.7. The first kappa shape index (κ1) is 22.4. The highest BCUT2D eigenvalue weighted by Gasteiger charge is 2.51. The van der Waals surface area contributed by atoms with E-state index in [0.717, 1.165) is 0 Å². The number of rotatable bonds is 5. The number of fused-ring (bicyclic) bond motifs is 1. The molecule has 1 saturated heterocycles. The van der Waals surface area contributed by atoms with Gasteiger partial charge in [0.1, 0.15) is 35.4 Å². The Labute approximate surface area is 183 Å². The molecule has 0 unspecified atom stereocenters. The minimum absolute atomic E-state index is 0.153. The fourth-order valence-electron chi connectivity index (χ4n) is 3.34. The van der Waals surface area contributed by atoms with Crippen molar-refractivity contribution in [2.24, 2.45) is 0 Å². The number of aromatic nitrogens is 3. The Morgan fingerprint density at radius 2 is 1.90 bits per heavy atom. The van der Waals surface area contributed by atoms with Crippen LogP contribution in [-0.4, -0.2) is 57.4 Å². The summed E-state index contributed by atoms with van der Waals surface area (Å²) in [6.45, 7) is 3.33. The molecule has 0 bridgehead atoms. The van der Waals surface area contributed by atoms with Crippen LogP contribution in [0.2, 0.25) is 0 Å². The topological polar surface area (TPSA) is 169 Å². The van der Waals surface area contributed by atoms with Crippen molar-refractivity contribution >= 4 is 44.9 Å². The molecule has 0 aromatic carbocycles. The molecular formula is C18H18BrN5O7. The molecule has 1 fully saturated rings. The summed E-state index contributed by atoms with van der Waals surface area (Å²) in [5.74, 6) is -1.88. The van der Waals surface area contributed by atoms with E-state index < -0.39 is 42.4 Å². The first-order valence-corrected chi connectivity index (χ1v) is 9.79. The third kappa shape index (κ3) is 4.44. The van der Waals surface area contributed by atoms with Crippen LogP contribution in [0.3, 0.4) is 0 Å². The van der Waals surface area contributed by atoms with Gasteiger partial charge in [-0.15, -0.1) is 0 Å². The fraction of sp³-hybridized carbons (Fsp3) is 0.444. The van der Waals surface area contributed by atoms with E-state index in [9.17, 15) is 19.6 Å². The molecule has 3 rings (SSSR count). The molecular weight excluding hydrogens is 478 g/mol. The molecule has 13 heteroatoms. The van der Waals surface area contributed by atoms with Gasteiger partial charge in [0.05, 0.1) is 10.9 Å². The maximum absolute atomic E-state index is 11.8. The Kier molecular flexibility index (Phi) is 6.42. The lowest BCUT2D eigenvalue weighted by molar-refractivity contribution is -0.166. The van der Waals surface area contributed by atoms with E-state index in [1.54, 1.807) is 0 Å². The number of halogens is 1. The first-order valence-electron chi connectivity index (χ1n) is 9.00. The van der Waals surface area contributed by atoms with Gasteiger partial charge < -0.3 is 23.9 Å². The Balaban J connectivity index is 2.13. The molecule has 3 heterocycles. The number of carbonyl (C=O) groups excluding carboxylic acids is 3. The lowest BCUT2D eigenvalue weighted by Gasteiger charge is -2.24. The van der Waals surface area contributed by atoms with Gasteiger partial charge in [-0.3, -0.25) is 24.4 Å². The first-order chi connectivity index (χ1) is 14.6. The highest BCUT2D eigenvalue weighted by Crippen LogP contribution is 2.36. The van der Waals surface area contributed by atoms with Crippen LogP contribution in [0, 0.1) is 16.7 Å². The molecule has 1 aliphatic rings. The van der Waals surface area contributed by atoms with E-state index in [1.165, 1.54) is 31.7 Å². The predicted molar refractivity (Wildman–Crippen MR) is 104 cm³/mol. The molecule has 0 aliphatic carbocycles. The minimum atomic E-state index is -1.12. The standard InChI is InChI=1S/C18H18BrN5O7/c1-7(25)28-5-11-13(29-8(2)26)14(30-9(3)27)18(31-11)24-6-22-16(21)12-10(4-20)15(19)23-17(12)24/h6,11,13-14,18,21,23H,5H2,1-3H3/t11-,13-,14-,18-/m1/s1. The van der Waals surface area contributed by atoms with Crippen molar-refractivity contribution in [2.75, 3.05) is 6.61 Å². The van der Waals surface area contributed by atoms with Crippen molar-refractivity contribution in [3.05, 3.63) is 22.0 Å². The summed E-state index contributed by atoms with van der Waals surface area (Å²) in [7, 11) is 0. The second-order valence-corrected chi connectivity index (χ2v) is 7.46. The zero-order valence-electron chi connectivity index (χ0n) is 16.7. The van der Waals surface area contributed by atoms with Gasteiger partial charge in [0, 0.05) is 20.8 Å². The molecule has 164 valence electrons. The second-order valence-electron chi connectivity index (χ2n) is 6.67. The summed E-state index contributed by atoms with van der Waals surface area (Å²) < 4.78 is 23.5. The summed E-state index contributed by atoms with van der Waals surface area (Å²) in [5, 5.41) is 17.7. The van der Waals surface area contributed by atoms with Gasteiger partial charge >= 0.3 is 17.9 Å². The smallest absolute Gasteiger partial charge is 0.303 e. The third-order valence-electron chi connectivity index (χ3n) is 4.47. The van der Waals surface area contributed by atoms with Crippen LogP contribution in [0.1, 0.15) is 32.6 Å². The van der Waals surface area contributed by atoms with Crippen molar-refractivity contribution in [1.82, 2.24) is 14.5 Å². The highest BCUT2D eigenvalue weighted by atomic mass is 79.9. The number of ether oxygens (including phenoxy) is 4. The van der Waals surface area contributed by atoms with Crippen molar-refractivity contribution in [2.45, 2.75) is 45.3 Å². The molecule has 1 aliphatic heterocycles. The van der Waals surface area contributed by atoms with Gasteiger partial charge in [0.2, 0.25) is 0 Å². The average molecular weight is 496 g/mol. The monoisotopic (exact) mass is 495 g/mol. The summed E-state index contributed by atoms with van der Waals surface area (Å²) >= 11 is 3.24. The van der Waals surface area contributed by atoms with E-state index >= 15 is 0 Å². The van der Waals surface area contributed by atoms with Gasteiger partial charge in [-0.25, -0.2) is 4.98 Å².